The van der Waals surface area contributed by atoms with E-state index >= 15 is 0 Å². The van der Waals surface area contributed by atoms with E-state index in [0.29, 0.717) is 12.5 Å². The summed E-state index contributed by atoms with van der Waals surface area (Å²) >= 11 is 0. The molecule has 9 heteroatoms. The SMILES string of the molecule is CN=C(NCc1ccc(F)cc1)NCc1nccn1C(F)F.I. The van der Waals surface area contributed by atoms with E-state index in [0.717, 1.165) is 10.1 Å². The van der Waals surface area contributed by atoms with Crippen molar-refractivity contribution in [2.45, 2.75) is 19.6 Å². The first-order valence-corrected chi connectivity index (χ1v) is 6.59. The third kappa shape index (κ3) is 5.73. The highest BCUT2D eigenvalue weighted by Crippen LogP contribution is 2.11. The highest BCUT2D eigenvalue weighted by atomic mass is 127. The van der Waals surface area contributed by atoms with Crippen LogP contribution < -0.4 is 10.6 Å². The summed E-state index contributed by atoms with van der Waals surface area (Å²) in [5.74, 6) is 0.345. The van der Waals surface area contributed by atoms with Crippen molar-refractivity contribution in [1.82, 2.24) is 20.2 Å². The summed E-state index contributed by atoms with van der Waals surface area (Å²) in [7, 11) is 1.57. The van der Waals surface area contributed by atoms with Gasteiger partial charge < -0.3 is 10.6 Å². The van der Waals surface area contributed by atoms with Gasteiger partial charge in [0.25, 0.3) is 0 Å². The predicted octanol–water partition coefficient (Wildman–Crippen LogP) is 2.90. The minimum absolute atomic E-state index is 0. The molecule has 1 aromatic heterocycles. The molecular formula is C14H17F3IN5. The fourth-order valence-electron chi connectivity index (χ4n) is 1.83. The van der Waals surface area contributed by atoms with Crippen molar-refractivity contribution in [3.05, 3.63) is 53.9 Å². The first kappa shape index (κ1) is 19.3. The average Bonchev–Trinajstić information content (AvgIpc) is 2.98. The lowest BCUT2D eigenvalue weighted by molar-refractivity contribution is 0.0668. The normalized spacial score (nSPS) is 11.3. The second-order valence-electron chi connectivity index (χ2n) is 4.43. The topological polar surface area (TPSA) is 54.2 Å². The number of hydrogen-bond donors (Lipinski definition) is 2. The summed E-state index contributed by atoms with van der Waals surface area (Å²) in [6.07, 6.45) is 2.54. The van der Waals surface area contributed by atoms with Gasteiger partial charge in [0.2, 0.25) is 0 Å². The van der Waals surface area contributed by atoms with Gasteiger partial charge in [0, 0.05) is 26.0 Å². The van der Waals surface area contributed by atoms with Crippen LogP contribution in [0.4, 0.5) is 13.2 Å². The first-order valence-electron chi connectivity index (χ1n) is 6.59. The summed E-state index contributed by atoms with van der Waals surface area (Å²) in [5, 5.41) is 5.91. The molecule has 1 heterocycles. The average molecular weight is 439 g/mol. The largest absolute Gasteiger partial charge is 0.352 e. The van der Waals surface area contributed by atoms with Gasteiger partial charge in [-0.05, 0) is 17.7 Å². The number of guanidine groups is 1. The van der Waals surface area contributed by atoms with Crippen molar-refractivity contribution >= 4 is 29.9 Å². The summed E-state index contributed by atoms with van der Waals surface area (Å²) < 4.78 is 39.0. The van der Waals surface area contributed by atoms with Crippen LogP contribution in [0, 0.1) is 5.82 Å². The Kier molecular flexibility index (Phi) is 7.86. The fraction of sp³-hybridized carbons (Fsp3) is 0.286. The van der Waals surface area contributed by atoms with Gasteiger partial charge in [-0.2, -0.15) is 8.78 Å². The third-order valence-corrected chi connectivity index (χ3v) is 2.97. The zero-order valence-electron chi connectivity index (χ0n) is 12.3. The van der Waals surface area contributed by atoms with Crippen molar-refractivity contribution in [2.75, 3.05) is 7.05 Å². The highest BCUT2D eigenvalue weighted by molar-refractivity contribution is 14.0. The Labute approximate surface area is 149 Å². The minimum Gasteiger partial charge on any atom is -0.352 e. The molecular weight excluding hydrogens is 422 g/mol. The van der Waals surface area contributed by atoms with E-state index in [9.17, 15) is 13.2 Å². The number of hydrogen-bond acceptors (Lipinski definition) is 2. The van der Waals surface area contributed by atoms with Gasteiger partial charge in [0.05, 0.1) is 6.54 Å². The van der Waals surface area contributed by atoms with E-state index in [1.165, 1.54) is 24.5 Å². The fourth-order valence-corrected chi connectivity index (χ4v) is 1.83. The smallest absolute Gasteiger partial charge is 0.319 e. The Hall–Kier alpha value is -1.78. The van der Waals surface area contributed by atoms with Gasteiger partial charge in [-0.25, -0.2) is 9.37 Å². The Morgan fingerprint density at radius 1 is 1.22 bits per heavy atom. The van der Waals surface area contributed by atoms with Crippen LogP contribution in [0.1, 0.15) is 17.9 Å². The van der Waals surface area contributed by atoms with Crippen LogP contribution in [0.25, 0.3) is 0 Å². The quantitative estimate of drug-likeness (QED) is 0.428. The lowest BCUT2D eigenvalue weighted by atomic mass is 10.2. The number of nitrogens with zero attached hydrogens (tertiary/aromatic N) is 3. The standard InChI is InChI=1S/C14H16F3N5.HI/c1-18-14(20-8-10-2-4-11(15)5-3-10)21-9-12-19-6-7-22(12)13(16)17;/h2-7,13H,8-9H2,1H3,(H2,18,20,21);1H. The molecule has 2 N–H and O–H groups in total. The van der Waals surface area contributed by atoms with Crippen LogP contribution in [0.2, 0.25) is 0 Å². The van der Waals surface area contributed by atoms with E-state index in [4.69, 9.17) is 0 Å². The first-order chi connectivity index (χ1) is 10.6. The van der Waals surface area contributed by atoms with E-state index in [-0.39, 0.29) is 42.2 Å². The summed E-state index contributed by atoms with van der Waals surface area (Å²) in [4.78, 5) is 7.86. The lowest BCUT2D eigenvalue weighted by Crippen LogP contribution is -2.37. The molecule has 0 aliphatic carbocycles. The van der Waals surface area contributed by atoms with Gasteiger partial charge in [0.15, 0.2) is 5.96 Å². The second kappa shape index (κ2) is 9.38. The van der Waals surface area contributed by atoms with E-state index in [1.807, 2.05) is 0 Å². The molecule has 0 unspecified atom stereocenters. The van der Waals surface area contributed by atoms with E-state index < -0.39 is 6.55 Å². The predicted molar refractivity (Wildman–Crippen MR) is 92.3 cm³/mol. The van der Waals surface area contributed by atoms with Gasteiger partial charge in [-0.1, -0.05) is 12.1 Å². The van der Waals surface area contributed by atoms with Gasteiger partial charge in [0.1, 0.15) is 11.6 Å². The molecule has 0 saturated carbocycles. The van der Waals surface area contributed by atoms with Gasteiger partial charge in [-0.15, -0.1) is 24.0 Å². The molecule has 0 atom stereocenters. The zero-order valence-corrected chi connectivity index (χ0v) is 14.7. The van der Waals surface area contributed by atoms with E-state index in [2.05, 4.69) is 20.6 Å². The number of aliphatic imine (C=N–C) groups is 1. The molecule has 5 nitrogen and oxygen atoms in total. The molecule has 2 rings (SSSR count). The Bertz CT molecular complexity index is 628. The maximum absolute atomic E-state index is 12.8. The van der Waals surface area contributed by atoms with Crippen LogP contribution in [0.5, 0.6) is 0 Å². The van der Waals surface area contributed by atoms with Gasteiger partial charge in [-0.3, -0.25) is 9.56 Å². The summed E-state index contributed by atoms with van der Waals surface area (Å²) in [6.45, 7) is -2.09. The maximum atomic E-state index is 12.8. The van der Waals surface area contributed by atoms with Crippen LogP contribution >= 0.6 is 24.0 Å². The molecule has 0 bridgehead atoms. The number of aromatic nitrogens is 2. The second-order valence-corrected chi connectivity index (χ2v) is 4.43. The summed E-state index contributed by atoms with van der Waals surface area (Å²) in [5.41, 5.74) is 0.874. The molecule has 0 aliphatic rings. The molecule has 1 aromatic carbocycles. The molecule has 126 valence electrons. The molecule has 0 radical (unpaired) electrons. The molecule has 0 spiro atoms. The molecule has 23 heavy (non-hydrogen) atoms. The van der Waals surface area contributed by atoms with Crippen LogP contribution in [0.15, 0.2) is 41.7 Å². The monoisotopic (exact) mass is 439 g/mol. The van der Waals surface area contributed by atoms with Crippen molar-refractivity contribution in [3.8, 4) is 0 Å². The zero-order chi connectivity index (χ0) is 15.9. The van der Waals surface area contributed by atoms with Crippen molar-refractivity contribution in [2.24, 2.45) is 4.99 Å². The third-order valence-electron chi connectivity index (χ3n) is 2.97. The number of nitrogens with one attached hydrogen (secondary N) is 2. The van der Waals surface area contributed by atoms with Crippen LogP contribution in [-0.2, 0) is 13.1 Å². The Morgan fingerprint density at radius 2 is 1.87 bits per heavy atom. The highest BCUT2D eigenvalue weighted by Gasteiger charge is 2.11. The molecule has 0 saturated heterocycles. The number of benzene rings is 1. The van der Waals surface area contributed by atoms with Crippen molar-refractivity contribution < 1.29 is 13.2 Å². The Balaban J connectivity index is 0.00000264. The molecule has 2 aromatic rings. The number of alkyl halides is 2. The molecule has 0 amide bonds. The number of rotatable bonds is 5. The maximum Gasteiger partial charge on any atom is 0.319 e. The van der Waals surface area contributed by atoms with Crippen molar-refractivity contribution in [3.63, 3.8) is 0 Å². The minimum atomic E-state index is -2.63. The van der Waals surface area contributed by atoms with Crippen LogP contribution in [0.3, 0.4) is 0 Å². The number of imidazole rings is 1. The summed E-state index contributed by atoms with van der Waals surface area (Å²) in [6, 6.07) is 6.04. The molecule has 0 fully saturated rings. The Morgan fingerprint density at radius 3 is 2.48 bits per heavy atom. The van der Waals surface area contributed by atoms with Crippen LogP contribution in [-0.4, -0.2) is 22.6 Å². The number of halogens is 4. The lowest BCUT2D eigenvalue weighted by Gasteiger charge is -2.12. The van der Waals surface area contributed by atoms with Gasteiger partial charge >= 0.3 is 6.55 Å². The molecule has 0 aliphatic heterocycles. The van der Waals surface area contributed by atoms with E-state index in [1.54, 1.807) is 19.2 Å². The van der Waals surface area contributed by atoms with Crippen molar-refractivity contribution in [1.29, 1.82) is 0 Å².